The van der Waals surface area contributed by atoms with Crippen LogP contribution in [-0.2, 0) is 0 Å². The van der Waals surface area contributed by atoms with E-state index in [1.807, 2.05) is 0 Å². The van der Waals surface area contributed by atoms with Crippen LogP contribution in [0.4, 0.5) is 4.39 Å². The third-order valence-corrected chi connectivity index (χ3v) is 4.24. The SMILES string of the molecule is O=C(c1c(-c2ncccn2)nn2c(=O)cc(Cl)[nH]c12)N1CC(CF)C1. The van der Waals surface area contributed by atoms with Gasteiger partial charge in [-0.25, -0.2) is 9.97 Å². The molecule has 0 saturated carbocycles. The van der Waals surface area contributed by atoms with Gasteiger partial charge in [-0.05, 0) is 6.07 Å². The van der Waals surface area contributed by atoms with Crippen molar-refractivity contribution in [3.05, 3.63) is 45.6 Å². The molecule has 4 heterocycles. The molecular weight excluding hydrogens is 351 g/mol. The molecule has 0 bridgehead atoms. The van der Waals surface area contributed by atoms with Crippen LogP contribution in [0.25, 0.3) is 17.2 Å². The first kappa shape index (κ1) is 15.7. The van der Waals surface area contributed by atoms with Gasteiger partial charge in [-0.15, -0.1) is 0 Å². The topological polar surface area (TPSA) is 96.2 Å². The first-order chi connectivity index (χ1) is 12.1. The lowest BCUT2D eigenvalue weighted by atomic mass is 10.0. The molecule has 0 atom stereocenters. The molecule has 3 aromatic rings. The van der Waals surface area contributed by atoms with E-state index in [1.54, 1.807) is 6.07 Å². The Hall–Kier alpha value is -2.81. The quantitative estimate of drug-likeness (QED) is 0.706. The summed E-state index contributed by atoms with van der Waals surface area (Å²) in [5.41, 5.74) is -0.0121. The van der Waals surface area contributed by atoms with Crippen LogP contribution in [-0.4, -0.2) is 55.1 Å². The van der Waals surface area contributed by atoms with Gasteiger partial charge >= 0.3 is 0 Å². The molecule has 1 saturated heterocycles. The average molecular weight is 363 g/mol. The van der Waals surface area contributed by atoms with Crippen LogP contribution >= 0.6 is 11.6 Å². The third-order valence-electron chi connectivity index (χ3n) is 4.04. The lowest BCUT2D eigenvalue weighted by molar-refractivity contribution is 0.0455. The molecule has 25 heavy (non-hydrogen) atoms. The van der Waals surface area contributed by atoms with Crippen LogP contribution < -0.4 is 5.56 Å². The van der Waals surface area contributed by atoms with Gasteiger partial charge in [0.2, 0.25) is 0 Å². The summed E-state index contributed by atoms with van der Waals surface area (Å²) in [5.74, 6) is -0.328. The monoisotopic (exact) mass is 362 g/mol. The molecular formula is C15H12ClFN6O2. The first-order valence-corrected chi connectivity index (χ1v) is 7.90. The highest BCUT2D eigenvalue weighted by molar-refractivity contribution is 6.29. The summed E-state index contributed by atoms with van der Waals surface area (Å²) in [6, 6.07) is 2.79. The van der Waals surface area contributed by atoms with Crippen molar-refractivity contribution >= 4 is 23.2 Å². The maximum Gasteiger partial charge on any atom is 0.275 e. The standard InChI is InChI=1S/C15H12ClFN6O2/c16-9-4-10(24)23-14(20-9)11(15(25)22-6-8(5-17)7-22)12(21-23)13-18-2-1-3-19-13/h1-4,8,20H,5-7H2. The largest absolute Gasteiger partial charge is 0.338 e. The molecule has 128 valence electrons. The van der Waals surface area contributed by atoms with E-state index in [1.165, 1.54) is 17.3 Å². The van der Waals surface area contributed by atoms with Gasteiger partial charge < -0.3 is 9.88 Å². The molecule has 4 rings (SSSR count). The summed E-state index contributed by atoms with van der Waals surface area (Å²) < 4.78 is 13.7. The van der Waals surface area contributed by atoms with Crippen LogP contribution in [0.2, 0.25) is 5.15 Å². The van der Waals surface area contributed by atoms with Crippen molar-refractivity contribution in [2.24, 2.45) is 5.92 Å². The maximum absolute atomic E-state index is 12.9. The Kier molecular flexibility index (Phi) is 3.72. The number of H-pyrrole nitrogens is 1. The van der Waals surface area contributed by atoms with E-state index in [0.717, 1.165) is 10.6 Å². The van der Waals surface area contributed by atoms with E-state index >= 15 is 0 Å². The molecule has 0 aromatic carbocycles. The fraction of sp³-hybridized carbons (Fsp3) is 0.267. The predicted molar refractivity (Wildman–Crippen MR) is 87.2 cm³/mol. The molecule has 0 unspecified atom stereocenters. The zero-order valence-electron chi connectivity index (χ0n) is 12.8. The van der Waals surface area contributed by atoms with Crippen molar-refractivity contribution in [1.82, 2.24) is 29.5 Å². The van der Waals surface area contributed by atoms with E-state index in [0.29, 0.717) is 13.1 Å². The van der Waals surface area contributed by atoms with Gasteiger partial charge in [0.1, 0.15) is 16.4 Å². The van der Waals surface area contributed by atoms with Crippen molar-refractivity contribution in [2.45, 2.75) is 0 Å². The number of nitrogens with one attached hydrogen (secondary N) is 1. The number of rotatable bonds is 3. The average Bonchev–Trinajstić information content (AvgIpc) is 2.94. The van der Waals surface area contributed by atoms with Crippen molar-refractivity contribution in [3.8, 4) is 11.5 Å². The number of fused-ring (bicyclic) bond motifs is 1. The first-order valence-electron chi connectivity index (χ1n) is 7.52. The van der Waals surface area contributed by atoms with Gasteiger partial charge in [0.15, 0.2) is 11.5 Å². The zero-order chi connectivity index (χ0) is 17.6. The minimum Gasteiger partial charge on any atom is -0.338 e. The summed E-state index contributed by atoms with van der Waals surface area (Å²) in [4.78, 5) is 37.6. The Bertz CT molecular complexity index is 1010. The van der Waals surface area contributed by atoms with Crippen molar-refractivity contribution in [3.63, 3.8) is 0 Å². The second kappa shape index (κ2) is 5.92. The number of alkyl halides is 1. The Morgan fingerprint density at radius 1 is 1.36 bits per heavy atom. The van der Waals surface area contributed by atoms with E-state index in [-0.39, 0.29) is 39.7 Å². The summed E-state index contributed by atoms with van der Waals surface area (Å²) >= 11 is 5.93. The molecule has 1 aliphatic rings. The zero-order valence-corrected chi connectivity index (χ0v) is 13.6. The minimum absolute atomic E-state index is 0.0808. The van der Waals surface area contributed by atoms with Crippen molar-refractivity contribution < 1.29 is 9.18 Å². The van der Waals surface area contributed by atoms with Crippen LogP contribution in [0, 0.1) is 5.92 Å². The van der Waals surface area contributed by atoms with E-state index in [2.05, 4.69) is 20.1 Å². The highest BCUT2D eigenvalue weighted by atomic mass is 35.5. The second-order valence-electron chi connectivity index (χ2n) is 5.74. The molecule has 8 nitrogen and oxygen atoms in total. The van der Waals surface area contributed by atoms with E-state index < -0.39 is 12.2 Å². The summed E-state index contributed by atoms with van der Waals surface area (Å²) in [5, 5.41) is 4.27. The summed E-state index contributed by atoms with van der Waals surface area (Å²) in [6.07, 6.45) is 3.02. The third kappa shape index (κ3) is 2.56. The number of aromatic amines is 1. The Balaban J connectivity index is 1.91. The lowest BCUT2D eigenvalue weighted by Gasteiger charge is -2.37. The van der Waals surface area contributed by atoms with Crippen LogP contribution in [0.5, 0.6) is 0 Å². The van der Waals surface area contributed by atoms with Gasteiger partial charge in [-0.1, -0.05) is 11.6 Å². The smallest absolute Gasteiger partial charge is 0.275 e. The number of amides is 1. The van der Waals surface area contributed by atoms with E-state index in [4.69, 9.17) is 11.6 Å². The predicted octanol–water partition coefficient (Wildman–Crippen LogP) is 1.17. The number of hydrogen-bond donors (Lipinski definition) is 1. The molecule has 0 spiro atoms. The number of carbonyl (C=O) groups is 1. The highest BCUT2D eigenvalue weighted by Crippen LogP contribution is 2.27. The Morgan fingerprint density at radius 3 is 2.76 bits per heavy atom. The van der Waals surface area contributed by atoms with Crippen LogP contribution in [0.1, 0.15) is 10.4 Å². The summed E-state index contributed by atoms with van der Waals surface area (Å²) in [6.45, 7) is 0.148. The van der Waals surface area contributed by atoms with Gasteiger partial charge in [0.05, 0.1) is 6.67 Å². The molecule has 3 aromatic heterocycles. The van der Waals surface area contributed by atoms with Gasteiger partial charge in [-0.3, -0.25) is 14.0 Å². The van der Waals surface area contributed by atoms with Gasteiger partial charge in [-0.2, -0.15) is 9.61 Å². The molecule has 0 radical (unpaired) electrons. The number of likely N-dealkylation sites (tertiary alicyclic amines) is 1. The molecule has 10 heteroatoms. The highest BCUT2D eigenvalue weighted by Gasteiger charge is 2.35. The molecule has 1 N–H and O–H groups in total. The number of halogens is 2. The molecule has 0 aliphatic carbocycles. The minimum atomic E-state index is -0.486. The Labute approximate surface area is 145 Å². The number of carbonyl (C=O) groups excluding carboxylic acids is 1. The van der Waals surface area contributed by atoms with Crippen molar-refractivity contribution in [2.75, 3.05) is 19.8 Å². The second-order valence-corrected chi connectivity index (χ2v) is 6.15. The summed E-state index contributed by atoms with van der Waals surface area (Å²) in [7, 11) is 0. The number of aromatic nitrogens is 5. The van der Waals surface area contributed by atoms with Gasteiger partial charge in [0.25, 0.3) is 11.5 Å². The fourth-order valence-corrected chi connectivity index (χ4v) is 2.97. The fourth-order valence-electron chi connectivity index (χ4n) is 2.78. The lowest BCUT2D eigenvalue weighted by Crippen LogP contribution is -2.50. The molecule has 1 amide bonds. The van der Waals surface area contributed by atoms with Crippen LogP contribution in [0.15, 0.2) is 29.3 Å². The van der Waals surface area contributed by atoms with E-state index in [9.17, 15) is 14.0 Å². The normalized spacial score (nSPS) is 14.7. The Morgan fingerprint density at radius 2 is 2.08 bits per heavy atom. The van der Waals surface area contributed by atoms with Crippen LogP contribution in [0.3, 0.4) is 0 Å². The number of hydrogen-bond acceptors (Lipinski definition) is 5. The number of nitrogens with zero attached hydrogens (tertiary/aromatic N) is 5. The maximum atomic E-state index is 12.9. The molecule has 1 fully saturated rings. The van der Waals surface area contributed by atoms with Gasteiger partial charge in [0, 0.05) is 37.5 Å². The molecule has 1 aliphatic heterocycles. The van der Waals surface area contributed by atoms with Crippen molar-refractivity contribution in [1.29, 1.82) is 0 Å².